The third-order valence-corrected chi connectivity index (χ3v) is 1.75. The van der Waals surface area contributed by atoms with Crippen LogP contribution < -0.4 is 0 Å². The van der Waals surface area contributed by atoms with Gasteiger partial charge in [0.25, 0.3) is 0 Å². The molecule has 2 radical (unpaired) electrons. The highest BCUT2D eigenvalue weighted by molar-refractivity contribution is 5.55. The van der Waals surface area contributed by atoms with Crippen molar-refractivity contribution in [3.05, 3.63) is 48.7 Å². The molecule has 1 aromatic carbocycles. The molecule has 2 rings (SSSR count). The lowest BCUT2D eigenvalue weighted by Crippen LogP contribution is -1.79. The van der Waals surface area contributed by atoms with Crippen molar-refractivity contribution in [2.24, 2.45) is 0 Å². The minimum atomic E-state index is 0.266. The normalized spacial score (nSPS) is 9.71. The maximum absolute atomic E-state index is 8.56. The Bertz CT molecular complexity index is 494. The third-order valence-electron chi connectivity index (χ3n) is 1.75. The molecule has 0 unspecified atom stereocenters. The summed E-state index contributed by atoms with van der Waals surface area (Å²) in [5.41, 5.74) is 1.67. The van der Waals surface area contributed by atoms with Gasteiger partial charge in [-0.2, -0.15) is 10.2 Å². The van der Waals surface area contributed by atoms with Crippen LogP contribution in [-0.4, -0.2) is 4.98 Å². The highest BCUT2D eigenvalue weighted by Gasteiger charge is 2.05. The van der Waals surface area contributed by atoms with Gasteiger partial charge in [-0.25, -0.2) is 0 Å². The highest BCUT2D eigenvalue weighted by Crippen LogP contribution is 2.19. The van der Waals surface area contributed by atoms with Crippen molar-refractivity contribution in [1.82, 2.24) is 4.98 Å². The molecule has 0 aliphatic heterocycles. The second-order valence-electron chi connectivity index (χ2n) is 2.78. The van der Waals surface area contributed by atoms with Crippen LogP contribution in [0.5, 0.6) is 0 Å². The minimum absolute atomic E-state index is 0.266. The van der Waals surface area contributed by atoms with Crippen LogP contribution in [0.1, 0.15) is 11.3 Å². The Labute approximate surface area is 81.6 Å². The second-order valence-corrected chi connectivity index (χ2v) is 2.78. The van der Waals surface area contributed by atoms with Gasteiger partial charge in [0, 0.05) is 5.56 Å². The van der Waals surface area contributed by atoms with Gasteiger partial charge in [0.15, 0.2) is 5.69 Å². The van der Waals surface area contributed by atoms with Crippen molar-refractivity contribution in [1.29, 1.82) is 5.26 Å². The van der Waals surface area contributed by atoms with Crippen molar-refractivity contribution >= 4 is 0 Å². The highest BCUT2D eigenvalue weighted by atomic mass is 16.3. The van der Waals surface area contributed by atoms with Gasteiger partial charge in [0.05, 0.1) is 0 Å². The summed E-state index contributed by atoms with van der Waals surface area (Å²) in [4.78, 5) is 3.96. The van der Waals surface area contributed by atoms with Crippen LogP contribution in [0.4, 0.5) is 0 Å². The van der Waals surface area contributed by atoms with E-state index in [0.717, 1.165) is 5.56 Å². The summed E-state index contributed by atoms with van der Waals surface area (Å²) in [7, 11) is 0. The third kappa shape index (κ3) is 1.50. The number of nitrogens with zero attached hydrogens (tertiary/aromatic N) is 2. The van der Waals surface area contributed by atoms with E-state index in [1.807, 2.05) is 12.1 Å². The molecule has 0 bridgehead atoms. The quantitative estimate of drug-likeness (QED) is 0.679. The molecule has 0 aliphatic carbocycles. The SMILES string of the molecule is [CH]c1cccc(-c2nc(C#N)co2)c1. The molecule has 0 atom stereocenters. The van der Waals surface area contributed by atoms with Gasteiger partial charge in [-0.05, 0) is 24.6 Å². The van der Waals surface area contributed by atoms with Gasteiger partial charge in [-0.1, -0.05) is 12.1 Å². The Morgan fingerprint density at radius 3 is 2.93 bits per heavy atom. The first-order valence-electron chi connectivity index (χ1n) is 4.01. The summed E-state index contributed by atoms with van der Waals surface area (Å²) in [6.07, 6.45) is 1.32. The van der Waals surface area contributed by atoms with Gasteiger partial charge in [-0.3, -0.25) is 0 Å². The van der Waals surface area contributed by atoms with E-state index < -0.39 is 0 Å². The molecule has 0 amide bonds. The van der Waals surface area contributed by atoms with Gasteiger partial charge >= 0.3 is 0 Å². The molecule has 0 fully saturated rings. The van der Waals surface area contributed by atoms with Gasteiger partial charge in [0.2, 0.25) is 5.89 Å². The summed E-state index contributed by atoms with van der Waals surface area (Å²) in [5, 5.41) is 8.56. The maximum Gasteiger partial charge on any atom is 0.227 e. The van der Waals surface area contributed by atoms with E-state index >= 15 is 0 Å². The van der Waals surface area contributed by atoms with Crippen LogP contribution in [-0.2, 0) is 0 Å². The van der Waals surface area contributed by atoms with Crippen LogP contribution in [0.15, 0.2) is 34.9 Å². The zero-order valence-electron chi connectivity index (χ0n) is 7.27. The molecule has 0 N–H and O–H groups in total. The molecule has 3 heteroatoms. The number of aromatic nitrogens is 1. The van der Waals surface area contributed by atoms with E-state index in [-0.39, 0.29) is 5.69 Å². The van der Waals surface area contributed by atoms with Crippen molar-refractivity contribution < 1.29 is 4.42 Å². The molecule has 1 heterocycles. The zero-order valence-corrected chi connectivity index (χ0v) is 7.27. The molecule has 3 nitrogen and oxygen atoms in total. The van der Waals surface area contributed by atoms with Crippen molar-refractivity contribution in [3.8, 4) is 17.5 Å². The minimum Gasteiger partial charge on any atom is -0.443 e. The van der Waals surface area contributed by atoms with E-state index in [9.17, 15) is 0 Å². The fourth-order valence-corrected chi connectivity index (χ4v) is 1.13. The summed E-state index contributed by atoms with van der Waals surface area (Å²) >= 11 is 0. The molecule has 0 saturated heterocycles. The Morgan fingerprint density at radius 1 is 1.43 bits per heavy atom. The summed E-state index contributed by atoms with van der Waals surface area (Å²) in [6, 6.07) is 9.04. The van der Waals surface area contributed by atoms with Crippen LogP contribution in [0.3, 0.4) is 0 Å². The lowest BCUT2D eigenvalue weighted by molar-refractivity contribution is 0.574. The lowest BCUT2D eigenvalue weighted by Gasteiger charge is -1.95. The van der Waals surface area contributed by atoms with Crippen LogP contribution in [0, 0.1) is 18.3 Å². The van der Waals surface area contributed by atoms with E-state index in [2.05, 4.69) is 4.98 Å². The van der Waals surface area contributed by atoms with Gasteiger partial charge < -0.3 is 4.42 Å². The molecular weight excluding hydrogens is 176 g/mol. The predicted octanol–water partition coefficient (Wildman–Crippen LogP) is 2.27. The molecule has 1 aromatic heterocycles. The summed E-state index contributed by atoms with van der Waals surface area (Å²) in [6.45, 7) is 5.60. The molecular formula is C11H6N2O. The maximum atomic E-state index is 8.56. The number of hydrogen-bond acceptors (Lipinski definition) is 3. The summed E-state index contributed by atoms with van der Waals surface area (Å²) in [5.74, 6) is 0.411. The van der Waals surface area contributed by atoms with Crippen molar-refractivity contribution in [2.45, 2.75) is 0 Å². The number of rotatable bonds is 1. The first kappa shape index (κ1) is 8.52. The largest absolute Gasteiger partial charge is 0.443 e. The number of oxazole rings is 1. The second kappa shape index (κ2) is 3.35. The average molecular weight is 182 g/mol. The average Bonchev–Trinajstić information content (AvgIpc) is 2.66. The first-order valence-corrected chi connectivity index (χ1v) is 4.01. The topological polar surface area (TPSA) is 49.8 Å². The smallest absolute Gasteiger partial charge is 0.227 e. The Kier molecular flexibility index (Phi) is 2.04. The van der Waals surface area contributed by atoms with Gasteiger partial charge in [0.1, 0.15) is 12.3 Å². The Balaban J connectivity index is 2.45. The Morgan fingerprint density at radius 2 is 2.29 bits per heavy atom. The fourth-order valence-electron chi connectivity index (χ4n) is 1.13. The number of hydrogen-bond donors (Lipinski definition) is 0. The molecule has 0 saturated carbocycles. The van der Waals surface area contributed by atoms with E-state index in [0.29, 0.717) is 11.5 Å². The zero-order chi connectivity index (χ0) is 9.97. The molecule has 0 spiro atoms. The molecule has 0 aliphatic rings. The monoisotopic (exact) mass is 182 g/mol. The van der Waals surface area contributed by atoms with Crippen LogP contribution in [0.2, 0.25) is 0 Å². The van der Waals surface area contributed by atoms with E-state index in [1.165, 1.54) is 6.26 Å². The molecule has 14 heavy (non-hydrogen) atoms. The Hall–Kier alpha value is -2.08. The van der Waals surface area contributed by atoms with Gasteiger partial charge in [-0.15, -0.1) is 0 Å². The van der Waals surface area contributed by atoms with E-state index in [4.69, 9.17) is 16.6 Å². The lowest BCUT2D eigenvalue weighted by atomic mass is 10.1. The summed E-state index contributed by atoms with van der Waals surface area (Å²) < 4.78 is 5.11. The first-order chi connectivity index (χ1) is 6.79. The molecule has 66 valence electrons. The standard InChI is InChI=1S/C11H6N2O/c1-8-3-2-4-9(5-8)11-13-10(6-12)7-14-11/h1-5,7H. The fraction of sp³-hybridized carbons (Fsp3) is 0. The number of nitriles is 1. The van der Waals surface area contributed by atoms with Crippen molar-refractivity contribution in [3.63, 3.8) is 0 Å². The van der Waals surface area contributed by atoms with Crippen LogP contribution >= 0.6 is 0 Å². The van der Waals surface area contributed by atoms with E-state index in [1.54, 1.807) is 18.2 Å². The van der Waals surface area contributed by atoms with Crippen molar-refractivity contribution in [2.75, 3.05) is 0 Å². The van der Waals surface area contributed by atoms with Crippen LogP contribution in [0.25, 0.3) is 11.5 Å². The number of benzene rings is 1. The predicted molar refractivity (Wildman–Crippen MR) is 50.1 cm³/mol. The molecule has 2 aromatic rings.